The molecule has 3 nitrogen and oxygen atoms in total. The van der Waals surface area contributed by atoms with Crippen LogP contribution in [0.15, 0.2) is 24.3 Å². The van der Waals surface area contributed by atoms with Crippen molar-refractivity contribution in [2.45, 2.75) is 38.9 Å². The van der Waals surface area contributed by atoms with Crippen molar-refractivity contribution in [1.82, 2.24) is 0 Å². The van der Waals surface area contributed by atoms with E-state index >= 15 is 0 Å². The zero-order chi connectivity index (χ0) is 12.1. The third kappa shape index (κ3) is 3.30. The Hall–Kier alpha value is -1.35. The predicted octanol–water partition coefficient (Wildman–Crippen LogP) is 2.93. The Morgan fingerprint density at radius 2 is 2.00 bits per heavy atom. The highest BCUT2D eigenvalue weighted by Crippen LogP contribution is 2.23. The summed E-state index contributed by atoms with van der Waals surface area (Å²) < 4.78 is 10.6. The van der Waals surface area contributed by atoms with E-state index in [2.05, 4.69) is 0 Å². The molecule has 0 aromatic heterocycles. The van der Waals surface area contributed by atoms with Crippen molar-refractivity contribution >= 4 is 5.97 Å². The molecule has 0 unspecified atom stereocenters. The van der Waals surface area contributed by atoms with E-state index in [0.29, 0.717) is 24.9 Å². The molecular formula is C14H18O3. The van der Waals surface area contributed by atoms with Crippen LogP contribution in [0, 0.1) is 0 Å². The van der Waals surface area contributed by atoms with Crippen molar-refractivity contribution < 1.29 is 14.3 Å². The van der Waals surface area contributed by atoms with Crippen LogP contribution in [0.3, 0.4) is 0 Å². The predicted molar refractivity (Wildman–Crippen MR) is 64.8 cm³/mol. The molecule has 0 amide bonds. The molecular weight excluding hydrogens is 216 g/mol. The van der Waals surface area contributed by atoms with Gasteiger partial charge in [0.25, 0.3) is 0 Å². The first-order valence-corrected chi connectivity index (χ1v) is 6.17. The number of carbonyl (C=O) groups is 1. The van der Waals surface area contributed by atoms with Crippen LogP contribution in [0.5, 0.6) is 0 Å². The second-order valence-electron chi connectivity index (χ2n) is 4.28. The Morgan fingerprint density at radius 1 is 1.29 bits per heavy atom. The lowest BCUT2D eigenvalue weighted by Crippen LogP contribution is -2.21. The van der Waals surface area contributed by atoms with Gasteiger partial charge in [-0.25, -0.2) is 4.79 Å². The van der Waals surface area contributed by atoms with Crippen molar-refractivity contribution in [3.8, 4) is 0 Å². The molecule has 0 atom stereocenters. The van der Waals surface area contributed by atoms with Gasteiger partial charge in [0.1, 0.15) is 0 Å². The third-order valence-electron chi connectivity index (χ3n) is 3.00. The van der Waals surface area contributed by atoms with Crippen molar-refractivity contribution in [3.63, 3.8) is 0 Å². The molecule has 1 aromatic rings. The molecule has 92 valence electrons. The van der Waals surface area contributed by atoms with E-state index < -0.39 is 0 Å². The number of ether oxygens (including phenoxy) is 2. The van der Waals surface area contributed by atoms with Crippen molar-refractivity contribution in [3.05, 3.63) is 35.4 Å². The van der Waals surface area contributed by atoms with Crippen LogP contribution in [-0.2, 0) is 16.1 Å². The molecule has 1 aliphatic carbocycles. The van der Waals surface area contributed by atoms with Crippen molar-refractivity contribution in [1.29, 1.82) is 0 Å². The van der Waals surface area contributed by atoms with Gasteiger partial charge in [0.2, 0.25) is 0 Å². The van der Waals surface area contributed by atoms with Gasteiger partial charge in [-0.1, -0.05) is 12.1 Å². The highest BCUT2D eigenvalue weighted by atomic mass is 16.5. The fourth-order valence-electron chi connectivity index (χ4n) is 1.70. The van der Waals surface area contributed by atoms with Crippen molar-refractivity contribution in [2.75, 3.05) is 6.61 Å². The fraction of sp³-hybridized carbons (Fsp3) is 0.500. The van der Waals surface area contributed by atoms with Gasteiger partial charge >= 0.3 is 5.97 Å². The number of benzene rings is 1. The third-order valence-corrected chi connectivity index (χ3v) is 3.00. The number of carbonyl (C=O) groups excluding carboxylic acids is 1. The normalized spacial score (nSPS) is 15.4. The minimum Gasteiger partial charge on any atom is -0.462 e. The second kappa shape index (κ2) is 5.82. The lowest BCUT2D eigenvalue weighted by molar-refractivity contribution is -0.00867. The topological polar surface area (TPSA) is 35.5 Å². The fourth-order valence-corrected chi connectivity index (χ4v) is 1.70. The zero-order valence-electron chi connectivity index (χ0n) is 10.1. The van der Waals surface area contributed by atoms with Gasteiger partial charge < -0.3 is 9.47 Å². The molecule has 0 saturated heterocycles. The Kier molecular flexibility index (Phi) is 4.15. The summed E-state index contributed by atoms with van der Waals surface area (Å²) in [4.78, 5) is 11.4. The molecule has 1 fully saturated rings. The molecule has 2 rings (SSSR count). The monoisotopic (exact) mass is 234 g/mol. The molecule has 0 aliphatic heterocycles. The summed E-state index contributed by atoms with van der Waals surface area (Å²) in [6.07, 6.45) is 4.09. The second-order valence-corrected chi connectivity index (χ2v) is 4.28. The van der Waals surface area contributed by atoms with Gasteiger partial charge in [0.05, 0.1) is 24.9 Å². The van der Waals surface area contributed by atoms with Gasteiger partial charge in [-0.2, -0.15) is 0 Å². The molecule has 3 heteroatoms. The van der Waals surface area contributed by atoms with E-state index in [1.165, 1.54) is 19.3 Å². The largest absolute Gasteiger partial charge is 0.462 e. The highest BCUT2D eigenvalue weighted by Gasteiger charge is 2.17. The summed E-state index contributed by atoms with van der Waals surface area (Å²) in [6, 6.07) is 7.42. The summed E-state index contributed by atoms with van der Waals surface area (Å²) in [6.45, 7) is 2.85. The zero-order valence-corrected chi connectivity index (χ0v) is 10.1. The molecule has 0 spiro atoms. The minimum absolute atomic E-state index is 0.265. The van der Waals surface area contributed by atoms with Crippen LogP contribution in [-0.4, -0.2) is 18.7 Å². The molecule has 0 bridgehead atoms. The Morgan fingerprint density at radius 3 is 2.53 bits per heavy atom. The molecule has 1 saturated carbocycles. The quantitative estimate of drug-likeness (QED) is 0.735. The maximum atomic E-state index is 11.4. The van der Waals surface area contributed by atoms with Crippen LogP contribution in [0.1, 0.15) is 42.1 Å². The van der Waals surface area contributed by atoms with Crippen LogP contribution < -0.4 is 0 Å². The molecule has 0 N–H and O–H groups in total. The van der Waals surface area contributed by atoms with Crippen LogP contribution in [0.4, 0.5) is 0 Å². The number of hydrogen-bond donors (Lipinski definition) is 0. The smallest absolute Gasteiger partial charge is 0.338 e. The van der Waals surface area contributed by atoms with Gasteiger partial charge in [-0.3, -0.25) is 0 Å². The molecule has 1 aliphatic rings. The first kappa shape index (κ1) is 12.1. The van der Waals surface area contributed by atoms with Crippen LogP contribution in [0.2, 0.25) is 0 Å². The highest BCUT2D eigenvalue weighted by molar-refractivity contribution is 5.89. The molecule has 0 heterocycles. The van der Waals surface area contributed by atoms with E-state index in [1.807, 2.05) is 12.1 Å². The van der Waals surface area contributed by atoms with Gasteiger partial charge in [0, 0.05) is 0 Å². The first-order valence-electron chi connectivity index (χ1n) is 6.17. The molecule has 1 aromatic carbocycles. The average Bonchev–Trinajstić information content (AvgIpc) is 2.28. The number of esters is 1. The summed E-state index contributed by atoms with van der Waals surface area (Å²) in [5, 5.41) is 0. The lowest BCUT2D eigenvalue weighted by atomic mass is 9.96. The Bertz CT molecular complexity index is 366. The van der Waals surface area contributed by atoms with E-state index in [0.717, 1.165) is 5.56 Å². The summed E-state index contributed by atoms with van der Waals surface area (Å²) >= 11 is 0. The minimum atomic E-state index is -0.265. The maximum Gasteiger partial charge on any atom is 0.338 e. The molecule has 0 radical (unpaired) electrons. The summed E-state index contributed by atoms with van der Waals surface area (Å²) in [7, 11) is 0. The summed E-state index contributed by atoms with van der Waals surface area (Å²) in [5.74, 6) is -0.265. The standard InChI is InChI=1S/C14H18O3/c1-2-16-14(15)12-8-6-11(7-9-12)10-17-13-4-3-5-13/h6-9,13H,2-5,10H2,1H3. The van der Waals surface area contributed by atoms with E-state index in [1.54, 1.807) is 19.1 Å². The van der Waals surface area contributed by atoms with Crippen LogP contribution >= 0.6 is 0 Å². The first-order chi connectivity index (χ1) is 8.29. The Labute approximate surface area is 102 Å². The summed E-state index contributed by atoms with van der Waals surface area (Å²) in [5.41, 5.74) is 1.70. The van der Waals surface area contributed by atoms with Gasteiger partial charge in [0.15, 0.2) is 0 Å². The maximum absolute atomic E-state index is 11.4. The van der Waals surface area contributed by atoms with E-state index in [9.17, 15) is 4.79 Å². The van der Waals surface area contributed by atoms with Crippen molar-refractivity contribution in [2.24, 2.45) is 0 Å². The van der Waals surface area contributed by atoms with Gasteiger partial charge in [-0.05, 0) is 43.9 Å². The van der Waals surface area contributed by atoms with Gasteiger partial charge in [-0.15, -0.1) is 0 Å². The Balaban J connectivity index is 1.85. The molecule has 17 heavy (non-hydrogen) atoms. The van der Waals surface area contributed by atoms with Crippen LogP contribution in [0.25, 0.3) is 0 Å². The number of hydrogen-bond acceptors (Lipinski definition) is 3. The van der Waals surface area contributed by atoms with E-state index in [4.69, 9.17) is 9.47 Å². The SMILES string of the molecule is CCOC(=O)c1ccc(COC2CCC2)cc1. The average molecular weight is 234 g/mol. The number of rotatable bonds is 5. The lowest BCUT2D eigenvalue weighted by Gasteiger charge is -2.25. The van der Waals surface area contributed by atoms with E-state index in [-0.39, 0.29) is 5.97 Å².